The summed E-state index contributed by atoms with van der Waals surface area (Å²) in [5.41, 5.74) is 5.10. The van der Waals surface area contributed by atoms with Crippen LogP contribution in [0.3, 0.4) is 0 Å². The van der Waals surface area contributed by atoms with Gasteiger partial charge in [-0.15, -0.1) is 0 Å². The first-order chi connectivity index (χ1) is 11.8. The highest BCUT2D eigenvalue weighted by atomic mass is 16.2. The quantitative estimate of drug-likeness (QED) is 0.681. The first-order valence-electron chi connectivity index (χ1n) is 8.77. The third-order valence-corrected chi connectivity index (χ3v) is 6.51. The van der Waals surface area contributed by atoms with Crippen molar-refractivity contribution in [1.82, 2.24) is 5.43 Å². The van der Waals surface area contributed by atoms with Crippen LogP contribution in [0.15, 0.2) is 65.8 Å². The number of nitrogens with one attached hydrogen (secondary N) is 1. The summed E-state index contributed by atoms with van der Waals surface area (Å²) in [7, 11) is 0. The Morgan fingerprint density at radius 3 is 2.29 bits per heavy atom. The van der Waals surface area contributed by atoms with Crippen molar-refractivity contribution in [3.63, 3.8) is 0 Å². The van der Waals surface area contributed by atoms with E-state index in [0.29, 0.717) is 11.8 Å². The zero-order valence-corrected chi connectivity index (χ0v) is 13.5. The molecular weight excluding hydrogens is 296 g/mol. The molecule has 3 fully saturated rings. The van der Waals surface area contributed by atoms with E-state index >= 15 is 0 Å². The fourth-order valence-corrected chi connectivity index (χ4v) is 5.69. The van der Waals surface area contributed by atoms with E-state index in [2.05, 4.69) is 34.8 Å². The number of amides is 1. The highest BCUT2D eigenvalue weighted by Gasteiger charge is 3.01. The zero-order valence-electron chi connectivity index (χ0n) is 13.5. The molecule has 0 aliphatic heterocycles. The number of carbonyl (C=O) groups excluding carboxylic acids is 1. The molecule has 0 aromatic heterocycles. The Balaban J connectivity index is 1.38. The molecule has 1 amide bonds. The molecule has 1 N–H and O–H groups in total. The maximum atomic E-state index is 12.9. The van der Waals surface area contributed by atoms with Gasteiger partial charge in [0.05, 0.1) is 11.6 Å². The van der Waals surface area contributed by atoms with Crippen LogP contribution in [0.2, 0.25) is 0 Å². The second-order valence-corrected chi connectivity index (χ2v) is 7.25. The second kappa shape index (κ2) is 4.79. The van der Waals surface area contributed by atoms with E-state index in [1.54, 1.807) is 6.21 Å². The summed E-state index contributed by atoms with van der Waals surface area (Å²) in [6.45, 7) is 0. The lowest BCUT2D eigenvalue weighted by atomic mass is 9.77. The third kappa shape index (κ3) is 1.52. The summed E-state index contributed by atoms with van der Waals surface area (Å²) in [6.07, 6.45) is 5.31. The van der Waals surface area contributed by atoms with Gasteiger partial charge in [0.1, 0.15) is 0 Å². The van der Waals surface area contributed by atoms with E-state index in [-0.39, 0.29) is 16.7 Å². The fourth-order valence-electron chi connectivity index (χ4n) is 5.69. The Labute approximate surface area is 141 Å². The first-order valence-corrected chi connectivity index (χ1v) is 8.77. The smallest absolute Gasteiger partial charge is 0.247 e. The van der Waals surface area contributed by atoms with Crippen LogP contribution in [-0.2, 0) is 10.2 Å². The average molecular weight is 316 g/mol. The Hall–Kier alpha value is -2.42. The standard InChI is InChI=1S/C21H20N2O/c24-19(23-22-14-15-8-3-1-4-9-15)21-17-12-7-13-18(21)20(17,21)16-10-5-2-6-11-16/h1-6,8-11,14,17-18H,7,12-13H2,(H,23,24)/b22-14-/t17-,18-,20?,21?/m1/s1. The summed E-state index contributed by atoms with van der Waals surface area (Å²) in [5, 5.41) is 4.20. The molecule has 3 aliphatic carbocycles. The van der Waals surface area contributed by atoms with Gasteiger partial charge in [0.2, 0.25) is 5.91 Å². The van der Waals surface area contributed by atoms with E-state index in [0.717, 1.165) is 5.56 Å². The molecule has 0 saturated heterocycles. The third-order valence-electron chi connectivity index (χ3n) is 6.51. The molecule has 3 saturated carbocycles. The van der Waals surface area contributed by atoms with Crippen LogP contribution in [-0.4, -0.2) is 12.1 Å². The monoisotopic (exact) mass is 316 g/mol. The van der Waals surface area contributed by atoms with Gasteiger partial charge >= 0.3 is 0 Å². The number of carbonyl (C=O) groups is 1. The summed E-state index contributed by atoms with van der Waals surface area (Å²) in [5.74, 6) is 1.14. The summed E-state index contributed by atoms with van der Waals surface area (Å²) < 4.78 is 0. The van der Waals surface area contributed by atoms with Crippen molar-refractivity contribution in [3.8, 4) is 0 Å². The molecule has 3 nitrogen and oxygen atoms in total. The summed E-state index contributed by atoms with van der Waals surface area (Å²) >= 11 is 0. The van der Waals surface area contributed by atoms with Crippen molar-refractivity contribution in [1.29, 1.82) is 0 Å². The number of benzene rings is 2. The molecule has 0 bridgehead atoms. The van der Waals surface area contributed by atoms with Crippen LogP contribution < -0.4 is 5.43 Å². The van der Waals surface area contributed by atoms with E-state index in [1.807, 2.05) is 36.4 Å². The van der Waals surface area contributed by atoms with Gasteiger partial charge < -0.3 is 0 Å². The minimum absolute atomic E-state index is 0.110. The molecule has 0 unspecified atom stereocenters. The molecular formula is C21H20N2O. The molecule has 2 aromatic rings. The lowest BCUT2D eigenvalue weighted by molar-refractivity contribution is -0.126. The van der Waals surface area contributed by atoms with E-state index in [4.69, 9.17) is 0 Å². The second-order valence-electron chi connectivity index (χ2n) is 7.25. The minimum atomic E-state index is -0.180. The number of hydrogen-bond acceptors (Lipinski definition) is 2. The van der Waals surface area contributed by atoms with E-state index < -0.39 is 0 Å². The maximum Gasteiger partial charge on any atom is 0.247 e. The van der Waals surface area contributed by atoms with Crippen molar-refractivity contribution in [2.75, 3.05) is 0 Å². The number of hydrogen-bond donors (Lipinski definition) is 1. The Bertz CT molecular complexity index is 800. The molecule has 24 heavy (non-hydrogen) atoms. The van der Waals surface area contributed by atoms with Crippen molar-refractivity contribution in [2.45, 2.75) is 24.7 Å². The normalized spacial score (nSPS) is 35.3. The van der Waals surface area contributed by atoms with Gasteiger partial charge in [-0.25, -0.2) is 5.43 Å². The van der Waals surface area contributed by atoms with E-state index in [1.165, 1.54) is 24.8 Å². The zero-order chi connectivity index (χ0) is 16.2. The highest BCUT2D eigenvalue weighted by Crippen LogP contribution is 2.97. The summed E-state index contributed by atoms with van der Waals surface area (Å²) in [6, 6.07) is 20.5. The van der Waals surface area contributed by atoms with Crippen LogP contribution in [0.5, 0.6) is 0 Å². The van der Waals surface area contributed by atoms with Crippen LogP contribution in [0.25, 0.3) is 0 Å². The van der Waals surface area contributed by atoms with Gasteiger partial charge in [-0.3, -0.25) is 4.79 Å². The molecule has 2 aromatic carbocycles. The first kappa shape index (κ1) is 14.0. The molecule has 3 heteroatoms. The van der Waals surface area contributed by atoms with Crippen molar-refractivity contribution >= 4 is 12.1 Å². The van der Waals surface area contributed by atoms with Gasteiger partial charge in [-0.1, -0.05) is 67.1 Å². The average Bonchev–Trinajstić information content (AvgIpc) is 3.50. The maximum absolute atomic E-state index is 12.9. The molecule has 0 radical (unpaired) electrons. The molecule has 2 atom stereocenters. The van der Waals surface area contributed by atoms with Crippen LogP contribution in [0.4, 0.5) is 0 Å². The van der Waals surface area contributed by atoms with Gasteiger partial charge in [0, 0.05) is 5.41 Å². The van der Waals surface area contributed by atoms with Crippen LogP contribution in [0.1, 0.15) is 30.4 Å². The number of nitrogens with zero attached hydrogens (tertiary/aromatic N) is 1. The number of rotatable bonds is 4. The topological polar surface area (TPSA) is 41.5 Å². The number of hydrazone groups is 1. The van der Waals surface area contributed by atoms with Crippen LogP contribution >= 0.6 is 0 Å². The number of fused-ring (bicyclic) bond motifs is 2. The van der Waals surface area contributed by atoms with Crippen molar-refractivity contribution < 1.29 is 4.79 Å². The van der Waals surface area contributed by atoms with Crippen LogP contribution in [0, 0.1) is 17.3 Å². The predicted molar refractivity (Wildman–Crippen MR) is 93.6 cm³/mol. The van der Waals surface area contributed by atoms with Crippen molar-refractivity contribution in [3.05, 3.63) is 71.8 Å². The summed E-state index contributed by atoms with van der Waals surface area (Å²) in [4.78, 5) is 12.9. The SMILES string of the molecule is O=C(N/N=C\c1ccccc1)C12[C@@H]3CCC[C@@H]1C32c1ccccc1. The van der Waals surface area contributed by atoms with E-state index in [9.17, 15) is 4.79 Å². The molecule has 5 rings (SSSR count). The highest BCUT2D eigenvalue weighted by molar-refractivity contribution is 5.97. The Morgan fingerprint density at radius 2 is 1.62 bits per heavy atom. The Kier molecular flexibility index (Phi) is 2.79. The molecule has 3 aliphatic rings. The molecule has 120 valence electrons. The lowest BCUT2D eigenvalue weighted by Gasteiger charge is -2.27. The molecule has 0 spiro atoms. The van der Waals surface area contributed by atoms with Gasteiger partial charge in [0.25, 0.3) is 0 Å². The minimum Gasteiger partial charge on any atom is -0.272 e. The Morgan fingerprint density at radius 1 is 1.00 bits per heavy atom. The van der Waals surface area contributed by atoms with Gasteiger partial charge in [-0.2, -0.15) is 5.10 Å². The fraction of sp³-hybridized carbons (Fsp3) is 0.333. The molecule has 0 heterocycles. The van der Waals surface area contributed by atoms with Gasteiger partial charge in [0.15, 0.2) is 0 Å². The largest absolute Gasteiger partial charge is 0.272 e. The van der Waals surface area contributed by atoms with Crippen molar-refractivity contribution in [2.24, 2.45) is 22.4 Å². The van der Waals surface area contributed by atoms with Gasteiger partial charge in [-0.05, 0) is 35.8 Å². The predicted octanol–water partition coefficient (Wildman–Crippen LogP) is 3.50. The lowest BCUT2D eigenvalue weighted by Crippen LogP contribution is -2.31.